The normalized spacial score (nSPS) is 12.7. The number of amides is 1. The number of carbonyl (C=O) groups excluding carboxylic acids is 1. The van der Waals surface area contributed by atoms with Crippen molar-refractivity contribution in [3.63, 3.8) is 0 Å². The molecule has 0 bridgehead atoms. The molecule has 4 nitrogen and oxygen atoms in total. The van der Waals surface area contributed by atoms with Crippen LogP contribution in [0.15, 0.2) is 64.0 Å². The van der Waals surface area contributed by atoms with Gasteiger partial charge in [0.15, 0.2) is 5.43 Å². The maximum absolute atomic E-state index is 13.3. The van der Waals surface area contributed by atoms with Gasteiger partial charge in [0.25, 0.3) is 0 Å². The molecule has 164 valence electrons. The van der Waals surface area contributed by atoms with Crippen LogP contribution < -0.4 is 5.43 Å². The first kappa shape index (κ1) is 22.8. The Balaban J connectivity index is 1.88. The molecule has 3 aromatic rings. The molecule has 0 radical (unpaired) electrons. The van der Waals surface area contributed by atoms with Crippen LogP contribution in [0, 0.1) is 18.3 Å². The molecular formula is C27H33NO3. The zero-order valence-electron chi connectivity index (χ0n) is 19.3. The summed E-state index contributed by atoms with van der Waals surface area (Å²) >= 11 is 0. The standard InChI is InChI=1S/C27H33NO3/c1-19-11-12-24-23(13-19)26(30)22(18-31-24)17-28(16-21-9-7-6-8-10-21)25(29)14-20(2)15-27(3,4)5/h6-13,18,20H,14-17H2,1-5H3/t20-/m1/s1. The molecule has 1 amide bonds. The second kappa shape index (κ2) is 9.51. The van der Waals surface area contributed by atoms with E-state index in [4.69, 9.17) is 4.42 Å². The van der Waals surface area contributed by atoms with E-state index in [0.717, 1.165) is 17.5 Å². The van der Waals surface area contributed by atoms with Gasteiger partial charge in [-0.2, -0.15) is 0 Å². The van der Waals surface area contributed by atoms with Gasteiger partial charge in [0.05, 0.1) is 23.8 Å². The summed E-state index contributed by atoms with van der Waals surface area (Å²) < 4.78 is 5.72. The van der Waals surface area contributed by atoms with Crippen molar-refractivity contribution in [2.45, 2.75) is 60.5 Å². The molecule has 31 heavy (non-hydrogen) atoms. The Hall–Kier alpha value is -2.88. The van der Waals surface area contributed by atoms with E-state index in [1.165, 1.54) is 6.26 Å². The minimum Gasteiger partial charge on any atom is -0.464 e. The van der Waals surface area contributed by atoms with E-state index in [-0.39, 0.29) is 29.2 Å². The lowest BCUT2D eigenvalue weighted by Gasteiger charge is -2.27. The first-order valence-electron chi connectivity index (χ1n) is 10.9. The van der Waals surface area contributed by atoms with E-state index >= 15 is 0 Å². The Bertz CT molecular complexity index is 1090. The van der Waals surface area contributed by atoms with E-state index in [1.54, 1.807) is 4.90 Å². The van der Waals surface area contributed by atoms with Crippen LogP contribution in [0.3, 0.4) is 0 Å². The van der Waals surface area contributed by atoms with E-state index in [1.807, 2.05) is 55.5 Å². The highest BCUT2D eigenvalue weighted by molar-refractivity contribution is 5.78. The summed E-state index contributed by atoms with van der Waals surface area (Å²) in [6.45, 7) is 11.4. The zero-order valence-corrected chi connectivity index (χ0v) is 19.3. The summed E-state index contributed by atoms with van der Waals surface area (Å²) in [6.07, 6.45) is 2.93. The number of carbonyl (C=O) groups is 1. The van der Waals surface area contributed by atoms with Crippen LogP contribution in [0.2, 0.25) is 0 Å². The average Bonchev–Trinajstić information content (AvgIpc) is 2.69. The van der Waals surface area contributed by atoms with Gasteiger partial charge < -0.3 is 9.32 Å². The molecule has 2 aromatic carbocycles. The molecule has 1 heterocycles. The molecule has 0 aliphatic rings. The predicted molar refractivity (Wildman–Crippen MR) is 126 cm³/mol. The van der Waals surface area contributed by atoms with Crippen LogP contribution in [-0.4, -0.2) is 10.8 Å². The van der Waals surface area contributed by atoms with Crippen LogP contribution in [0.25, 0.3) is 11.0 Å². The minimum absolute atomic E-state index is 0.0596. The molecule has 0 aliphatic heterocycles. The van der Waals surface area contributed by atoms with Crippen LogP contribution >= 0.6 is 0 Å². The fraction of sp³-hybridized carbons (Fsp3) is 0.407. The fourth-order valence-electron chi connectivity index (χ4n) is 4.18. The van der Waals surface area contributed by atoms with Gasteiger partial charge in [0.1, 0.15) is 5.58 Å². The highest BCUT2D eigenvalue weighted by Crippen LogP contribution is 2.27. The Kier molecular flexibility index (Phi) is 6.99. The molecule has 0 N–H and O–H groups in total. The third-order valence-electron chi connectivity index (χ3n) is 5.41. The topological polar surface area (TPSA) is 50.5 Å². The van der Waals surface area contributed by atoms with Gasteiger partial charge in [-0.1, -0.05) is 69.7 Å². The van der Waals surface area contributed by atoms with Gasteiger partial charge in [0, 0.05) is 13.0 Å². The lowest BCUT2D eigenvalue weighted by Crippen LogP contribution is -2.33. The average molecular weight is 420 g/mol. The Morgan fingerprint density at radius 3 is 2.45 bits per heavy atom. The van der Waals surface area contributed by atoms with Crippen molar-refractivity contribution in [1.29, 1.82) is 0 Å². The second-order valence-electron chi connectivity index (χ2n) is 9.90. The van der Waals surface area contributed by atoms with Crippen molar-refractivity contribution in [2.75, 3.05) is 0 Å². The number of benzene rings is 2. The number of hydrogen-bond donors (Lipinski definition) is 0. The molecule has 0 fully saturated rings. The highest BCUT2D eigenvalue weighted by Gasteiger charge is 2.22. The number of hydrogen-bond acceptors (Lipinski definition) is 3. The van der Waals surface area contributed by atoms with Gasteiger partial charge >= 0.3 is 0 Å². The highest BCUT2D eigenvalue weighted by atomic mass is 16.3. The van der Waals surface area contributed by atoms with Crippen molar-refractivity contribution >= 4 is 16.9 Å². The Labute approximate surface area is 184 Å². The van der Waals surface area contributed by atoms with Gasteiger partial charge in [-0.25, -0.2) is 0 Å². The lowest BCUT2D eigenvalue weighted by atomic mass is 9.84. The summed E-state index contributed by atoms with van der Waals surface area (Å²) in [6, 6.07) is 15.5. The number of rotatable bonds is 7. The van der Waals surface area contributed by atoms with Gasteiger partial charge in [0.2, 0.25) is 5.91 Å². The molecule has 0 saturated heterocycles. The van der Waals surface area contributed by atoms with Crippen molar-refractivity contribution in [1.82, 2.24) is 4.90 Å². The van der Waals surface area contributed by atoms with Crippen LogP contribution in [0.4, 0.5) is 0 Å². The third-order valence-corrected chi connectivity index (χ3v) is 5.41. The number of nitrogens with zero attached hydrogens (tertiary/aromatic N) is 1. The second-order valence-corrected chi connectivity index (χ2v) is 9.90. The minimum atomic E-state index is -0.0708. The first-order valence-corrected chi connectivity index (χ1v) is 10.9. The van der Waals surface area contributed by atoms with E-state index in [2.05, 4.69) is 27.7 Å². The first-order chi connectivity index (χ1) is 14.6. The van der Waals surface area contributed by atoms with Crippen LogP contribution in [-0.2, 0) is 17.9 Å². The quantitative estimate of drug-likeness (QED) is 0.465. The van der Waals surface area contributed by atoms with Gasteiger partial charge in [-0.15, -0.1) is 0 Å². The maximum Gasteiger partial charge on any atom is 0.223 e. The number of fused-ring (bicyclic) bond motifs is 1. The molecule has 3 rings (SSSR count). The van der Waals surface area contributed by atoms with Crippen LogP contribution in [0.1, 0.15) is 57.2 Å². The van der Waals surface area contributed by atoms with Crippen molar-refractivity contribution in [2.24, 2.45) is 11.3 Å². The maximum atomic E-state index is 13.3. The SMILES string of the molecule is Cc1ccc2occ(CN(Cc3ccccc3)C(=O)C[C@@H](C)CC(C)(C)C)c(=O)c2c1. The smallest absolute Gasteiger partial charge is 0.223 e. The van der Waals surface area contributed by atoms with Gasteiger partial charge in [-0.3, -0.25) is 9.59 Å². The van der Waals surface area contributed by atoms with E-state index < -0.39 is 0 Å². The molecule has 0 saturated carbocycles. The van der Waals surface area contributed by atoms with Crippen molar-refractivity contribution in [3.05, 3.63) is 81.7 Å². The summed E-state index contributed by atoms with van der Waals surface area (Å²) in [5, 5.41) is 0.561. The van der Waals surface area contributed by atoms with Crippen LogP contribution in [0.5, 0.6) is 0 Å². The molecule has 4 heteroatoms. The van der Waals surface area contributed by atoms with E-state index in [9.17, 15) is 9.59 Å². The zero-order chi connectivity index (χ0) is 22.6. The molecule has 0 aliphatic carbocycles. The summed E-state index contributed by atoms with van der Waals surface area (Å²) in [4.78, 5) is 28.2. The largest absolute Gasteiger partial charge is 0.464 e. The monoisotopic (exact) mass is 419 g/mol. The molecule has 0 unspecified atom stereocenters. The molecule has 0 spiro atoms. The summed E-state index contributed by atoms with van der Waals surface area (Å²) in [5.41, 5.74) is 3.22. The fourth-order valence-corrected chi connectivity index (χ4v) is 4.18. The summed E-state index contributed by atoms with van der Waals surface area (Å²) in [7, 11) is 0. The number of aryl methyl sites for hydroxylation is 1. The molecule has 1 atom stereocenters. The summed E-state index contributed by atoms with van der Waals surface area (Å²) in [5.74, 6) is 0.325. The van der Waals surface area contributed by atoms with Crippen molar-refractivity contribution in [3.8, 4) is 0 Å². The van der Waals surface area contributed by atoms with Crippen molar-refractivity contribution < 1.29 is 9.21 Å². The third kappa shape index (κ3) is 6.30. The lowest BCUT2D eigenvalue weighted by molar-refractivity contribution is -0.133. The molecule has 1 aromatic heterocycles. The predicted octanol–water partition coefficient (Wildman–Crippen LogP) is 6.09. The molecular weight excluding hydrogens is 386 g/mol. The Morgan fingerprint density at radius 1 is 1.06 bits per heavy atom. The van der Waals surface area contributed by atoms with E-state index in [0.29, 0.717) is 29.5 Å². The Morgan fingerprint density at radius 2 is 1.77 bits per heavy atom. The van der Waals surface area contributed by atoms with Gasteiger partial charge in [-0.05, 0) is 42.4 Å².